The van der Waals surface area contributed by atoms with Crippen LogP contribution in [0.2, 0.25) is 0 Å². The van der Waals surface area contributed by atoms with E-state index in [0.717, 1.165) is 0 Å². The van der Waals surface area contributed by atoms with Crippen LogP contribution in [0.4, 0.5) is 11.4 Å². The van der Waals surface area contributed by atoms with Gasteiger partial charge >= 0.3 is 0 Å². The molecule has 0 fully saturated rings. The molecule has 0 atom stereocenters. The molecular weight excluding hydrogens is 216 g/mol. The van der Waals surface area contributed by atoms with Crippen molar-refractivity contribution in [3.8, 4) is 0 Å². The second-order valence-corrected chi connectivity index (χ2v) is 3.28. The van der Waals surface area contributed by atoms with Crippen LogP contribution in [0.1, 0.15) is 17.3 Å². The summed E-state index contributed by atoms with van der Waals surface area (Å²) in [6.07, 6.45) is 0. The lowest BCUT2D eigenvalue weighted by molar-refractivity contribution is -0.113. The summed E-state index contributed by atoms with van der Waals surface area (Å²) >= 11 is 5.35. The zero-order chi connectivity index (χ0) is 11.4. The first-order valence-electron chi connectivity index (χ1n) is 4.31. The average molecular weight is 227 g/mol. The van der Waals surface area contributed by atoms with E-state index in [9.17, 15) is 9.59 Å². The molecule has 1 amide bonds. The summed E-state index contributed by atoms with van der Waals surface area (Å²) in [5.41, 5.74) is 6.71. The maximum absolute atomic E-state index is 11.2. The molecule has 15 heavy (non-hydrogen) atoms. The number of ketones is 1. The molecule has 4 nitrogen and oxygen atoms in total. The molecular formula is C10H11ClN2O2. The summed E-state index contributed by atoms with van der Waals surface area (Å²) in [4.78, 5) is 22.3. The van der Waals surface area contributed by atoms with E-state index in [4.69, 9.17) is 17.3 Å². The lowest BCUT2D eigenvalue weighted by Crippen LogP contribution is -2.16. The van der Waals surface area contributed by atoms with Crippen molar-refractivity contribution in [3.63, 3.8) is 0 Å². The number of halogens is 1. The van der Waals surface area contributed by atoms with Crippen LogP contribution in [-0.2, 0) is 4.79 Å². The molecule has 1 aromatic rings. The third-order valence-electron chi connectivity index (χ3n) is 1.86. The van der Waals surface area contributed by atoms with Crippen molar-refractivity contribution < 1.29 is 9.59 Å². The topological polar surface area (TPSA) is 72.2 Å². The number of carbonyl (C=O) groups is 2. The van der Waals surface area contributed by atoms with Crippen LogP contribution in [0, 0.1) is 0 Å². The molecule has 1 aromatic carbocycles. The first-order valence-corrected chi connectivity index (χ1v) is 4.85. The van der Waals surface area contributed by atoms with Crippen LogP contribution in [0.15, 0.2) is 18.2 Å². The fourth-order valence-corrected chi connectivity index (χ4v) is 1.24. The van der Waals surface area contributed by atoms with E-state index in [1.54, 1.807) is 18.2 Å². The van der Waals surface area contributed by atoms with Crippen molar-refractivity contribution in [2.24, 2.45) is 0 Å². The molecule has 1 rings (SSSR count). The number of carbonyl (C=O) groups excluding carboxylic acids is 2. The van der Waals surface area contributed by atoms with Gasteiger partial charge in [0.05, 0.1) is 11.4 Å². The monoisotopic (exact) mass is 226 g/mol. The molecule has 5 heteroatoms. The van der Waals surface area contributed by atoms with Gasteiger partial charge in [0, 0.05) is 5.56 Å². The fourth-order valence-electron chi connectivity index (χ4n) is 1.18. The van der Waals surface area contributed by atoms with Gasteiger partial charge in [-0.05, 0) is 19.1 Å². The number of rotatable bonds is 3. The Balaban J connectivity index is 3.13. The van der Waals surface area contributed by atoms with E-state index in [1.165, 1.54) is 6.92 Å². The number of para-hydroxylation sites is 1. The minimum atomic E-state index is -0.392. The molecule has 0 aliphatic heterocycles. The van der Waals surface area contributed by atoms with Gasteiger partial charge in [-0.25, -0.2) is 0 Å². The second kappa shape index (κ2) is 4.79. The summed E-state index contributed by atoms with van der Waals surface area (Å²) in [7, 11) is 0. The highest BCUT2D eigenvalue weighted by atomic mass is 35.5. The van der Waals surface area contributed by atoms with E-state index in [-0.39, 0.29) is 11.7 Å². The van der Waals surface area contributed by atoms with E-state index in [0.29, 0.717) is 16.9 Å². The standard InChI is InChI=1S/C10H11ClN2O2/c1-6(14)7-3-2-4-8(12)10(7)13-9(15)5-11/h2-4H,5,12H2,1H3,(H,13,15). The highest BCUT2D eigenvalue weighted by Gasteiger charge is 2.12. The number of alkyl halides is 1. The van der Waals surface area contributed by atoms with Crippen molar-refractivity contribution in [1.29, 1.82) is 0 Å². The smallest absolute Gasteiger partial charge is 0.239 e. The van der Waals surface area contributed by atoms with Crippen molar-refractivity contribution in [3.05, 3.63) is 23.8 Å². The molecule has 0 radical (unpaired) electrons. The molecule has 0 saturated heterocycles. The highest BCUT2D eigenvalue weighted by molar-refractivity contribution is 6.29. The predicted molar refractivity (Wildman–Crippen MR) is 60.2 cm³/mol. The minimum Gasteiger partial charge on any atom is -0.397 e. The number of hydrogen-bond acceptors (Lipinski definition) is 3. The Labute approximate surface area is 92.4 Å². The van der Waals surface area contributed by atoms with Gasteiger partial charge in [0.1, 0.15) is 5.88 Å². The summed E-state index contributed by atoms with van der Waals surface area (Å²) < 4.78 is 0. The number of nitrogens with one attached hydrogen (secondary N) is 1. The largest absolute Gasteiger partial charge is 0.397 e. The Kier molecular flexibility index (Phi) is 3.68. The number of anilines is 2. The number of benzene rings is 1. The molecule has 80 valence electrons. The van der Waals surface area contributed by atoms with Gasteiger partial charge in [-0.3, -0.25) is 9.59 Å². The zero-order valence-corrected chi connectivity index (χ0v) is 8.97. The SMILES string of the molecule is CC(=O)c1cccc(N)c1NC(=O)CCl. The van der Waals surface area contributed by atoms with Crippen LogP contribution in [0.25, 0.3) is 0 Å². The summed E-state index contributed by atoms with van der Waals surface area (Å²) in [5, 5.41) is 2.49. The summed E-state index contributed by atoms with van der Waals surface area (Å²) in [6.45, 7) is 1.41. The minimum absolute atomic E-state index is 0.160. The molecule has 0 aliphatic rings. The van der Waals surface area contributed by atoms with Crippen LogP contribution < -0.4 is 11.1 Å². The number of nitrogens with two attached hydrogens (primary N) is 1. The van der Waals surface area contributed by atoms with Crippen LogP contribution in [-0.4, -0.2) is 17.6 Å². The predicted octanol–water partition coefficient (Wildman–Crippen LogP) is 1.65. The number of hydrogen-bond donors (Lipinski definition) is 2. The molecule has 0 unspecified atom stereocenters. The Morgan fingerprint density at radius 1 is 1.47 bits per heavy atom. The Hall–Kier alpha value is -1.55. The van der Waals surface area contributed by atoms with Gasteiger partial charge in [0.2, 0.25) is 5.91 Å². The van der Waals surface area contributed by atoms with E-state index in [1.807, 2.05) is 0 Å². The van der Waals surface area contributed by atoms with Gasteiger partial charge in [-0.2, -0.15) is 0 Å². The van der Waals surface area contributed by atoms with Gasteiger partial charge in [-0.15, -0.1) is 11.6 Å². The maximum Gasteiger partial charge on any atom is 0.239 e. The normalized spacial score (nSPS) is 9.73. The van der Waals surface area contributed by atoms with Crippen LogP contribution >= 0.6 is 11.6 Å². The lowest BCUT2D eigenvalue weighted by Gasteiger charge is -2.10. The molecule has 0 spiro atoms. The highest BCUT2D eigenvalue weighted by Crippen LogP contribution is 2.23. The third-order valence-corrected chi connectivity index (χ3v) is 2.10. The quantitative estimate of drug-likeness (QED) is 0.468. The van der Waals surface area contributed by atoms with E-state index in [2.05, 4.69) is 5.32 Å². The van der Waals surface area contributed by atoms with Crippen LogP contribution in [0.3, 0.4) is 0 Å². The molecule has 3 N–H and O–H groups in total. The van der Waals surface area contributed by atoms with Crippen molar-refractivity contribution in [1.82, 2.24) is 0 Å². The van der Waals surface area contributed by atoms with Gasteiger partial charge < -0.3 is 11.1 Å². The number of Topliss-reactive ketones (excluding diaryl/α,β-unsaturated/α-hetero) is 1. The molecule has 0 aliphatic carbocycles. The lowest BCUT2D eigenvalue weighted by atomic mass is 10.1. The molecule has 0 bridgehead atoms. The second-order valence-electron chi connectivity index (χ2n) is 3.01. The van der Waals surface area contributed by atoms with Gasteiger partial charge in [0.15, 0.2) is 5.78 Å². The Morgan fingerprint density at radius 3 is 2.67 bits per heavy atom. The Bertz CT molecular complexity index is 404. The van der Waals surface area contributed by atoms with Gasteiger partial charge in [-0.1, -0.05) is 6.07 Å². The number of nitrogen functional groups attached to an aromatic ring is 1. The number of amides is 1. The van der Waals surface area contributed by atoms with Crippen molar-refractivity contribution in [2.75, 3.05) is 16.9 Å². The third kappa shape index (κ3) is 2.70. The van der Waals surface area contributed by atoms with Crippen molar-refractivity contribution >= 4 is 34.7 Å². The molecule has 0 saturated carbocycles. The van der Waals surface area contributed by atoms with Crippen LogP contribution in [0.5, 0.6) is 0 Å². The van der Waals surface area contributed by atoms with Crippen molar-refractivity contribution in [2.45, 2.75) is 6.92 Å². The fraction of sp³-hybridized carbons (Fsp3) is 0.200. The zero-order valence-electron chi connectivity index (χ0n) is 8.21. The molecule has 0 aromatic heterocycles. The maximum atomic E-state index is 11.2. The van der Waals surface area contributed by atoms with E-state index < -0.39 is 5.91 Å². The van der Waals surface area contributed by atoms with E-state index >= 15 is 0 Å². The summed E-state index contributed by atoms with van der Waals surface area (Å²) in [5.74, 6) is -0.727. The Morgan fingerprint density at radius 2 is 2.13 bits per heavy atom. The molecule has 0 heterocycles. The first kappa shape index (κ1) is 11.5. The first-order chi connectivity index (χ1) is 7.06. The average Bonchev–Trinajstić information content (AvgIpc) is 2.20. The summed E-state index contributed by atoms with van der Waals surface area (Å²) in [6, 6.07) is 4.86. The van der Waals surface area contributed by atoms with Gasteiger partial charge in [0.25, 0.3) is 0 Å².